The van der Waals surface area contributed by atoms with Crippen LogP contribution in [0.15, 0.2) is 35.6 Å². The molecule has 0 aliphatic carbocycles. The second-order valence-electron chi connectivity index (χ2n) is 3.42. The second-order valence-corrected chi connectivity index (χ2v) is 4.48. The van der Waals surface area contributed by atoms with E-state index in [9.17, 15) is 0 Å². The fourth-order valence-electron chi connectivity index (χ4n) is 1.19. The molecule has 16 heavy (non-hydrogen) atoms. The Morgan fingerprint density at radius 1 is 1.62 bits per heavy atom. The maximum Gasteiger partial charge on any atom is 0.0797 e. The number of aromatic nitrogens is 1. The molecule has 1 aromatic heterocycles. The van der Waals surface area contributed by atoms with Crippen LogP contribution >= 0.6 is 11.3 Å². The van der Waals surface area contributed by atoms with Crippen molar-refractivity contribution in [2.45, 2.75) is 13.3 Å². The molecule has 0 fully saturated rings. The molecule has 1 aromatic rings. The minimum Gasteiger partial charge on any atom is -0.379 e. The van der Waals surface area contributed by atoms with Crippen molar-refractivity contribution in [1.82, 2.24) is 9.88 Å². The van der Waals surface area contributed by atoms with Crippen LogP contribution in [-0.2, 0) is 6.42 Å². The highest BCUT2D eigenvalue weighted by Crippen LogP contribution is 2.11. The van der Waals surface area contributed by atoms with Gasteiger partial charge in [-0.3, -0.25) is 4.99 Å². The lowest BCUT2D eigenvalue weighted by molar-refractivity contribution is 0.457. The van der Waals surface area contributed by atoms with Crippen molar-refractivity contribution >= 4 is 17.6 Å². The highest BCUT2D eigenvalue weighted by Gasteiger charge is 2.01. The van der Waals surface area contributed by atoms with E-state index >= 15 is 0 Å². The van der Waals surface area contributed by atoms with E-state index in [-0.39, 0.29) is 0 Å². The van der Waals surface area contributed by atoms with E-state index in [1.165, 1.54) is 10.6 Å². The summed E-state index contributed by atoms with van der Waals surface area (Å²) < 4.78 is 0. The smallest absolute Gasteiger partial charge is 0.0797 e. The van der Waals surface area contributed by atoms with Gasteiger partial charge in [0, 0.05) is 43.5 Å². The van der Waals surface area contributed by atoms with Crippen molar-refractivity contribution in [3.8, 4) is 0 Å². The number of thiazole rings is 1. The van der Waals surface area contributed by atoms with Crippen molar-refractivity contribution in [2.24, 2.45) is 4.99 Å². The first-order valence-corrected chi connectivity index (χ1v) is 6.02. The van der Waals surface area contributed by atoms with Crippen LogP contribution in [0.1, 0.15) is 10.6 Å². The van der Waals surface area contributed by atoms with Gasteiger partial charge in [-0.15, -0.1) is 11.3 Å². The van der Waals surface area contributed by atoms with E-state index in [4.69, 9.17) is 0 Å². The topological polar surface area (TPSA) is 28.5 Å². The average molecular weight is 235 g/mol. The van der Waals surface area contributed by atoms with E-state index in [1.54, 1.807) is 29.8 Å². The Hall–Kier alpha value is -1.42. The lowest BCUT2D eigenvalue weighted by atomic mass is 10.3. The van der Waals surface area contributed by atoms with Crippen molar-refractivity contribution in [1.29, 1.82) is 0 Å². The first-order valence-electron chi connectivity index (χ1n) is 5.14. The van der Waals surface area contributed by atoms with Crippen LogP contribution in [0.25, 0.3) is 0 Å². The maximum atomic E-state index is 4.32. The van der Waals surface area contributed by atoms with E-state index in [1.807, 2.05) is 18.8 Å². The van der Waals surface area contributed by atoms with Gasteiger partial charge in [0.1, 0.15) is 0 Å². The Bertz CT molecular complexity index is 379. The number of rotatable bonds is 6. The van der Waals surface area contributed by atoms with Gasteiger partial charge in [-0.05, 0) is 6.92 Å². The molecule has 4 heteroatoms. The summed E-state index contributed by atoms with van der Waals surface area (Å²) in [6, 6.07) is 0. The Morgan fingerprint density at radius 3 is 3.06 bits per heavy atom. The van der Waals surface area contributed by atoms with Crippen LogP contribution < -0.4 is 0 Å². The van der Waals surface area contributed by atoms with Crippen LogP contribution in [0.2, 0.25) is 0 Å². The summed E-state index contributed by atoms with van der Waals surface area (Å²) >= 11 is 1.70. The fraction of sp³-hybridized carbons (Fsp3) is 0.333. The Labute approximate surface area is 101 Å². The summed E-state index contributed by atoms with van der Waals surface area (Å²) in [5, 5.41) is 0. The van der Waals surface area contributed by atoms with Gasteiger partial charge in [0.15, 0.2) is 0 Å². The number of aryl methyl sites for hydroxylation is 1. The molecule has 0 atom stereocenters. The number of nitrogens with zero attached hydrogens (tertiary/aromatic N) is 3. The van der Waals surface area contributed by atoms with Crippen molar-refractivity contribution in [2.75, 3.05) is 13.6 Å². The largest absolute Gasteiger partial charge is 0.379 e. The molecule has 0 amide bonds. The van der Waals surface area contributed by atoms with Crippen LogP contribution in [0, 0.1) is 6.92 Å². The van der Waals surface area contributed by atoms with Crippen molar-refractivity contribution in [3.05, 3.63) is 41.1 Å². The third kappa shape index (κ3) is 4.40. The summed E-state index contributed by atoms with van der Waals surface area (Å²) in [6.45, 7) is 6.61. The van der Waals surface area contributed by atoms with Crippen LogP contribution in [-0.4, -0.2) is 29.7 Å². The van der Waals surface area contributed by atoms with Crippen LogP contribution in [0.3, 0.4) is 0 Å². The SMILES string of the molecule is C=CC=N/C=C/N(C)CCc1ncsc1C. The molecule has 0 spiro atoms. The van der Waals surface area contributed by atoms with Gasteiger partial charge < -0.3 is 4.90 Å². The molecule has 0 aliphatic heterocycles. The van der Waals surface area contributed by atoms with Gasteiger partial charge in [-0.2, -0.15) is 0 Å². The van der Waals surface area contributed by atoms with Gasteiger partial charge in [0.25, 0.3) is 0 Å². The summed E-state index contributed by atoms with van der Waals surface area (Å²) in [7, 11) is 2.03. The average Bonchev–Trinajstić information content (AvgIpc) is 2.67. The summed E-state index contributed by atoms with van der Waals surface area (Å²) in [5.74, 6) is 0. The summed E-state index contributed by atoms with van der Waals surface area (Å²) in [4.78, 5) is 11.7. The molecule has 0 radical (unpaired) electrons. The molecule has 0 aromatic carbocycles. The third-order valence-electron chi connectivity index (χ3n) is 2.14. The summed E-state index contributed by atoms with van der Waals surface area (Å²) in [5.41, 5.74) is 3.09. The van der Waals surface area contributed by atoms with E-state index < -0.39 is 0 Å². The summed E-state index contributed by atoms with van der Waals surface area (Å²) in [6.07, 6.45) is 8.00. The molecule has 86 valence electrons. The first kappa shape index (κ1) is 12.6. The second kappa shape index (κ2) is 6.95. The van der Waals surface area contributed by atoms with Crippen molar-refractivity contribution < 1.29 is 0 Å². The predicted molar refractivity (Wildman–Crippen MR) is 71.0 cm³/mol. The van der Waals surface area contributed by atoms with Gasteiger partial charge >= 0.3 is 0 Å². The highest BCUT2D eigenvalue weighted by atomic mass is 32.1. The van der Waals surface area contributed by atoms with E-state index in [2.05, 4.69) is 28.4 Å². The molecule has 0 unspecified atom stereocenters. The normalized spacial score (nSPS) is 11.4. The van der Waals surface area contributed by atoms with Gasteiger partial charge in [0.05, 0.1) is 11.2 Å². The van der Waals surface area contributed by atoms with Crippen molar-refractivity contribution in [3.63, 3.8) is 0 Å². The molecule has 0 saturated carbocycles. The minimum absolute atomic E-state index is 0.949. The van der Waals surface area contributed by atoms with Gasteiger partial charge in [-0.1, -0.05) is 12.7 Å². The molecule has 0 aliphatic rings. The zero-order valence-corrected chi connectivity index (χ0v) is 10.6. The Balaban J connectivity index is 2.33. The Morgan fingerprint density at radius 2 is 2.44 bits per heavy atom. The molecule has 0 bridgehead atoms. The number of hydrogen-bond donors (Lipinski definition) is 0. The van der Waals surface area contributed by atoms with E-state index in [0.717, 1.165) is 13.0 Å². The fourth-order valence-corrected chi connectivity index (χ4v) is 1.82. The van der Waals surface area contributed by atoms with Crippen LogP contribution in [0.5, 0.6) is 0 Å². The molecule has 1 rings (SSSR count). The molecule has 0 N–H and O–H groups in total. The van der Waals surface area contributed by atoms with Gasteiger partial charge in [-0.25, -0.2) is 4.98 Å². The van der Waals surface area contributed by atoms with E-state index in [0.29, 0.717) is 0 Å². The highest BCUT2D eigenvalue weighted by molar-refractivity contribution is 7.09. The molecule has 3 nitrogen and oxygen atoms in total. The minimum atomic E-state index is 0.949. The van der Waals surface area contributed by atoms with Gasteiger partial charge in [0.2, 0.25) is 0 Å². The number of hydrogen-bond acceptors (Lipinski definition) is 4. The lowest BCUT2D eigenvalue weighted by Crippen LogP contribution is -2.14. The molecule has 0 saturated heterocycles. The number of allylic oxidation sites excluding steroid dienone is 1. The monoisotopic (exact) mass is 235 g/mol. The predicted octanol–water partition coefficient (Wildman–Crippen LogP) is 2.65. The maximum absolute atomic E-state index is 4.32. The molecule has 1 heterocycles. The quantitative estimate of drug-likeness (QED) is 0.709. The van der Waals surface area contributed by atoms with Crippen LogP contribution in [0.4, 0.5) is 0 Å². The third-order valence-corrected chi connectivity index (χ3v) is 2.94. The molecular weight excluding hydrogens is 218 g/mol. The zero-order chi connectivity index (χ0) is 11.8. The zero-order valence-electron chi connectivity index (χ0n) is 9.76. The molecular formula is C12H17N3S. The lowest BCUT2D eigenvalue weighted by Gasteiger charge is -2.12. The first-order chi connectivity index (χ1) is 7.74. The Kier molecular flexibility index (Phi) is 5.50. The standard InChI is InChI=1S/C12H17N3S/c1-4-6-13-7-9-15(3)8-5-12-11(2)16-10-14-12/h4,6-7,9-10H,1,5,8H2,2-3H3/b9-7+,13-6?. The number of likely N-dealkylation sites (N-methyl/N-ethyl adjacent to an activating group) is 1. The number of aliphatic imine (C=N–C) groups is 1.